The number of hydrogen-bond acceptors (Lipinski definition) is 4. The Morgan fingerprint density at radius 1 is 1.29 bits per heavy atom. The zero-order chi connectivity index (χ0) is 17.3. The van der Waals surface area contributed by atoms with Crippen molar-refractivity contribution in [1.82, 2.24) is 9.55 Å². The molecule has 0 radical (unpaired) electrons. The van der Waals surface area contributed by atoms with Gasteiger partial charge in [0.1, 0.15) is 0 Å². The maximum atomic E-state index is 11.2. The van der Waals surface area contributed by atoms with Gasteiger partial charge in [0.05, 0.1) is 0 Å². The van der Waals surface area contributed by atoms with Crippen LogP contribution >= 0.6 is 0 Å². The summed E-state index contributed by atoms with van der Waals surface area (Å²) in [5.74, 6) is -0.950. The first-order chi connectivity index (χ1) is 11.5. The van der Waals surface area contributed by atoms with Gasteiger partial charge in [0, 0.05) is 0 Å². The summed E-state index contributed by atoms with van der Waals surface area (Å²) in [5.41, 5.74) is 2.69. The first-order valence-electron chi connectivity index (χ1n) is 6.88. The second-order valence-corrected chi connectivity index (χ2v) is 7.05. The molecule has 116 valence electrons. The molecule has 0 spiro atoms. The molecule has 0 saturated heterocycles. The molecule has 0 saturated carbocycles. The van der Waals surface area contributed by atoms with Crippen LogP contribution in [0, 0.1) is 29.6 Å². The van der Waals surface area contributed by atoms with Crippen LogP contribution in [0.1, 0.15) is 26.2 Å². The molecule has 0 fully saturated rings. The van der Waals surface area contributed by atoms with Crippen LogP contribution in [0.25, 0.3) is 15.8 Å². The first-order valence-corrected chi connectivity index (χ1v) is 8.59. The van der Waals surface area contributed by atoms with Gasteiger partial charge in [-0.15, -0.1) is 0 Å². The number of benzene rings is 1. The topological polar surface area (TPSA) is 103 Å². The molecule has 0 atom stereocenters. The Bertz CT molecular complexity index is 1030. The fourth-order valence-electron chi connectivity index (χ4n) is 2.37. The molecule has 6 nitrogen and oxygen atoms in total. The van der Waals surface area contributed by atoms with Crippen molar-refractivity contribution in [3.63, 3.8) is 0 Å². The molecule has 0 amide bonds. The van der Waals surface area contributed by atoms with Gasteiger partial charge < -0.3 is 0 Å². The van der Waals surface area contributed by atoms with Crippen LogP contribution in [0.2, 0.25) is 0 Å². The summed E-state index contributed by atoms with van der Waals surface area (Å²) in [6, 6.07) is 12.9. The van der Waals surface area contributed by atoms with E-state index in [1.807, 2.05) is 0 Å². The van der Waals surface area contributed by atoms with Gasteiger partial charge in [0.25, 0.3) is 0 Å². The molecule has 3 rings (SSSR count). The van der Waals surface area contributed by atoms with Crippen molar-refractivity contribution in [2.45, 2.75) is 6.92 Å². The molecule has 24 heavy (non-hydrogen) atoms. The van der Waals surface area contributed by atoms with Crippen LogP contribution in [0.4, 0.5) is 0 Å². The monoisotopic (exact) mass is 382 g/mol. The number of hydrogen-bond donors (Lipinski definition) is 1. The van der Waals surface area contributed by atoms with E-state index in [-0.39, 0.29) is 0 Å². The second-order valence-electron chi connectivity index (χ2n) is 4.96. The van der Waals surface area contributed by atoms with Crippen molar-refractivity contribution in [3.05, 3.63) is 57.9 Å². The van der Waals surface area contributed by atoms with E-state index in [9.17, 15) is 15.2 Å². The Morgan fingerprint density at radius 3 is 2.71 bits per heavy atom. The zero-order valence-electron chi connectivity index (χ0n) is 12.5. The van der Waals surface area contributed by atoms with E-state index in [4.69, 9.17) is 5.26 Å². The third-order valence-corrected chi connectivity index (χ3v) is 5.98. The predicted octanol–water partition coefficient (Wildman–Crippen LogP) is 2.35. The van der Waals surface area contributed by atoms with E-state index in [1.54, 1.807) is 48.0 Å². The van der Waals surface area contributed by atoms with Crippen LogP contribution in [-0.2, 0) is 0 Å². The van der Waals surface area contributed by atoms with Gasteiger partial charge in [-0.3, -0.25) is 0 Å². The molecule has 0 aliphatic rings. The summed E-state index contributed by atoms with van der Waals surface area (Å²) in [4.78, 5) is 15.5. The predicted molar refractivity (Wildman–Crippen MR) is 87.1 cm³/mol. The van der Waals surface area contributed by atoms with Crippen molar-refractivity contribution in [3.8, 4) is 28.0 Å². The van der Waals surface area contributed by atoms with Gasteiger partial charge in [0.15, 0.2) is 0 Å². The minimum absolute atomic E-state index is 0.331. The summed E-state index contributed by atoms with van der Waals surface area (Å²) in [7, 11) is 0. The molecule has 0 bridgehead atoms. The van der Waals surface area contributed by atoms with Crippen LogP contribution < -0.4 is 0 Å². The number of carboxylic acid groups (broad SMARTS) is 1. The number of nitriles is 2. The number of rotatable bonds is 3. The third kappa shape index (κ3) is 2.63. The normalized spacial score (nSPS) is 10.1. The van der Waals surface area contributed by atoms with Crippen molar-refractivity contribution in [2.24, 2.45) is 0 Å². The molecular formula is C17H10N4O2Se. The molecule has 0 aliphatic carbocycles. The average molecular weight is 381 g/mol. The number of aromatic nitrogens is 2. The number of nitrogens with zero attached hydrogens (tertiary/aromatic N) is 4. The zero-order valence-corrected chi connectivity index (χ0v) is 14.2. The van der Waals surface area contributed by atoms with Gasteiger partial charge in [-0.2, -0.15) is 0 Å². The van der Waals surface area contributed by atoms with Crippen LogP contribution in [0.3, 0.4) is 0 Å². The fourth-order valence-corrected chi connectivity index (χ4v) is 4.26. The third-order valence-electron chi connectivity index (χ3n) is 3.48. The molecule has 0 unspecified atom stereocenters. The van der Waals surface area contributed by atoms with E-state index < -0.39 is 20.5 Å². The molecule has 2 heterocycles. The molecule has 1 N–H and O–H groups in total. The van der Waals surface area contributed by atoms with Gasteiger partial charge in [-0.1, -0.05) is 0 Å². The summed E-state index contributed by atoms with van der Waals surface area (Å²) >= 11 is -0.393. The maximum absolute atomic E-state index is 11.2. The summed E-state index contributed by atoms with van der Waals surface area (Å²) in [6.07, 6.45) is 1.72. The van der Waals surface area contributed by atoms with Crippen molar-refractivity contribution >= 4 is 20.5 Å². The van der Waals surface area contributed by atoms with Crippen molar-refractivity contribution < 1.29 is 9.90 Å². The van der Waals surface area contributed by atoms with Crippen LogP contribution in [-0.4, -0.2) is 35.1 Å². The summed E-state index contributed by atoms with van der Waals surface area (Å²) in [6.45, 7) is 1.68. The second kappa shape index (κ2) is 6.17. The van der Waals surface area contributed by atoms with Gasteiger partial charge in [-0.25, -0.2) is 0 Å². The van der Waals surface area contributed by atoms with E-state index >= 15 is 0 Å². The van der Waals surface area contributed by atoms with Crippen molar-refractivity contribution in [2.75, 3.05) is 0 Å². The molecule has 1 aromatic carbocycles. The van der Waals surface area contributed by atoms with E-state index in [0.717, 1.165) is 5.56 Å². The van der Waals surface area contributed by atoms with E-state index in [2.05, 4.69) is 17.1 Å². The Kier molecular flexibility index (Phi) is 4.05. The number of carbonyl (C=O) groups is 1. The van der Waals surface area contributed by atoms with Gasteiger partial charge >= 0.3 is 143 Å². The molecule has 3 aromatic rings. The average Bonchev–Trinajstić information content (AvgIpc) is 3.20. The Hall–Kier alpha value is -3.12. The summed E-state index contributed by atoms with van der Waals surface area (Å²) < 4.78 is 2.67. The summed E-state index contributed by atoms with van der Waals surface area (Å²) in [5, 5.41) is 27.8. The Balaban J connectivity index is 2.11. The Labute approximate surface area is 143 Å². The number of carboxylic acids is 1. The number of aromatic carboxylic acids is 1. The molecule has 7 heteroatoms. The van der Waals surface area contributed by atoms with E-state index in [0.29, 0.717) is 31.6 Å². The van der Waals surface area contributed by atoms with Crippen LogP contribution in [0.5, 0.6) is 0 Å². The molecule has 2 aromatic heterocycles. The minimum atomic E-state index is -0.950. The van der Waals surface area contributed by atoms with E-state index in [1.165, 1.54) is 0 Å². The Morgan fingerprint density at radius 2 is 2.08 bits per heavy atom. The fraction of sp³-hybridized carbons (Fsp3) is 0.0588. The molecular weight excluding hydrogens is 371 g/mol. The van der Waals surface area contributed by atoms with Crippen molar-refractivity contribution in [1.29, 1.82) is 10.5 Å². The van der Waals surface area contributed by atoms with Gasteiger partial charge in [-0.05, 0) is 0 Å². The quantitative estimate of drug-likeness (QED) is 0.702. The van der Waals surface area contributed by atoms with Crippen LogP contribution in [0.15, 0.2) is 36.5 Å². The molecule has 0 aliphatic heterocycles. The standard InChI is InChI=1S/C17H10N4O2Se/c1-10-15(17(22)23)24-16(20-10)11-4-5-14(12(7-11)8-18)21-6-2-3-13(21)9-19/h2-7H,1H3,(H,22,23). The van der Waals surface area contributed by atoms with Gasteiger partial charge in [0.2, 0.25) is 0 Å². The first kappa shape index (κ1) is 15.8. The number of aryl methyl sites for hydroxylation is 1. The SMILES string of the molecule is Cc1nc(-c2ccc(-n3cccc3C#N)c(C#N)c2)[se]c1C(=O)O.